The van der Waals surface area contributed by atoms with E-state index in [1.165, 1.54) is 6.42 Å². The molecule has 0 aliphatic rings. The van der Waals surface area contributed by atoms with E-state index >= 15 is 0 Å². The van der Waals surface area contributed by atoms with Crippen LogP contribution in [0.4, 0.5) is 0 Å². The number of nitrogens with one attached hydrogen (secondary N) is 1. The SMILES string of the molecule is CCCNCC(CC)Cc1cc(Cl)ccc1Cl. The molecule has 0 saturated heterocycles. The maximum Gasteiger partial charge on any atom is 0.0439 e. The first-order valence-corrected chi connectivity index (χ1v) is 7.07. The highest BCUT2D eigenvalue weighted by atomic mass is 35.5. The highest BCUT2D eigenvalue weighted by Gasteiger charge is 2.10. The van der Waals surface area contributed by atoms with E-state index in [1.807, 2.05) is 18.2 Å². The van der Waals surface area contributed by atoms with Crippen LogP contribution in [-0.4, -0.2) is 13.1 Å². The molecule has 17 heavy (non-hydrogen) atoms. The molecule has 96 valence electrons. The predicted molar refractivity (Wildman–Crippen MR) is 77.1 cm³/mol. The van der Waals surface area contributed by atoms with Crippen LogP contribution in [0, 0.1) is 5.92 Å². The molecule has 1 atom stereocenters. The summed E-state index contributed by atoms with van der Waals surface area (Å²) in [6, 6.07) is 5.70. The predicted octanol–water partition coefficient (Wildman–Crippen LogP) is 4.56. The van der Waals surface area contributed by atoms with Crippen LogP contribution in [0.1, 0.15) is 32.3 Å². The number of hydrogen-bond donors (Lipinski definition) is 1. The summed E-state index contributed by atoms with van der Waals surface area (Å²) < 4.78 is 0. The molecule has 0 radical (unpaired) electrons. The first kappa shape index (κ1) is 14.8. The summed E-state index contributed by atoms with van der Waals surface area (Å²) in [4.78, 5) is 0. The quantitative estimate of drug-likeness (QED) is 0.718. The van der Waals surface area contributed by atoms with Gasteiger partial charge >= 0.3 is 0 Å². The van der Waals surface area contributed by atoms with E-state index in [9.17, 15) is 0 Å². The molecular formula is C14H21Cl2N. The van der Waals surface area contributed by atoms with Crippen molar-refractivity contribution in [1.29, 1.82) is 0 Å². The Labute approximate surface area is 115 Å². The second-order valence-electron chi connectivity index (χ2n) is 4.42. The Morgan fingerprint density at radius 3 is 2.65 bits per heavy atom. The third-order valence-corrected chi connectivity index (χ3v) is 3.56. The fourth-order valence-corrected chi connectivity index (χ4v) is 2.24. The largest absolute Gasteiger partial charge is 0.316 e. The Morgan fingerprint density at radius 1 is 1.24 bits per heavy atom. The molecule has 1 unspecified atom stereocenters. The van der Waals surface area contributed by atoms with Gasteiger partial charge in [0.25, 0.3) is 0 Å². The van der Waals surface area contributed by atoms with Gasteiger partial charge in [0.2, 0.25) is 0 Å². The van der Waals surface area contributed by atoms with E-state index in [0.717, 1.165) is 41.5 Å². The van der Waals surface area contributed by atoms with Gasteiger partial charge in [-0.25, -0.2) is 0 Å². The van der Waals surface area contributed by atoms with Gasteiger partial charge in [-0.15, -0.1) is 0 Å². The fraction of sp³-hybridized carbons (Fsp3) is 0.571. The molecule has 0 fully saturated rings. The molecule has 1 rings (SSSR count). The van der Waals surface area contributed by atoms with Crippen molar-refractivity contribution in [2.24, 2.45) is 5.92 Å². The molecule has 3 heteroatoms. The third kappa shape index (κ3) is 5.29. The van der Waals surface area contributed by atoms with Crippen LogP contribution >= 0.6 is 23.2 Å². The molecule has 0 saturated carbocycles. The molecule has 1 nitrogen and oxygen atoms in total. The van der Waals surface area contributed by atoms with Gasteiger partial charge in [-0.1, -0.05) is 43.5 Å². The van der Waals surface area contributed by atoms with Crippen LogP contribution in [0.3, 0.4) is 0 Å². The standard InChI is InChI=1S/C14H21Cl2N/c1-3-7-17-10-11(4-2)8-12-9-13(15)5-6-14(12)16/h5-6,9,11,17H,3-4,7-8,10H2,1-2H3. The van der Waals surface area contributed by atoms with Crippen LogP contribution in [0.25, 0.3) is 0 Å². The average molecular weight is 274 g/mol. The Kier molecular flexibility index (Phi) is 6.94. The van der Waals surface area contributed by atoms with Gasteiger partial charge in [0, 0.05) is 10.0 Å². The van der Waals surface area contributed by atoms with Crippen molar-refractivity contribution in [3.63, 3.8) is 0 Å². The lowest BCUT2D eigenvalue weighted by molar-refractivity contribution is 0.460. The van der Waals surface area contributed by atoms with E-state index in [2.05, 4.69) is 19.2 Å². The molecule has 1 aromatic rings. The molecule has 1 N–H and O–H groups in total. The summed E-state index contributed by atoms with van der Waals surface area (Å²) in [5, 5.41) is 5.05. The van der Waals surface area contributed by atoms with Crippen molar-refractivity contribution in [2.75, 3.05) is 13.1 Å². The molecule has 0 heterocycles. The van der Waals surface area contributed by atoms with E-state index < -0.39 is 0 Å². The Bertz CT molecular complexity index is 339. The molecule has 0 bridgehead atoms. The molecular weight excluding hydrogens is 253 g/mol. The van der Waals surface area contributed by atoms with Crippen molar-refractivity contribution in [3.05, 3.63) is 33.8 Å². The Balaban J connectivity index is 2.57. The molecule has 1 aromatic carbocycles. The number of rotatable bonds is 7. The van der Waals surface area contributed by atoms with Crippen molar-refractivity contribution in [1.82, 2.24) is 5.32 Å². The lowest BCUT2D eigenvalue weighted by atomic mass is 9.97. The maximum absolute atomic E-state index is 6.18. The summed E-state index contributed by atoms with van der Waals surface area (Å²) in [5.74, 6) is 0.623. The van der Waals surface area contributed by atoms with Gasteiger partial charge in [0.05, 0.1) is 0 Å². The summed E-state index contributed by atoms with van der Waals surface area (Å²) in [6.45, 7) is 6.53. The highest BCUT2D eigenvalue weighted by molar-refractivity contribution is 6.33. The van der Waals surface area contributed by atoms with Gasteiger partial charge in [0.15, 0.2) is 0 Å². The van der Waals surface area contributed by atoms with Crippen molar-refractivity contribution >= 4 is 23.2 Å². The smallest absolute Gasteiger partial charge is 0.0439 e. The van der Waals surface area contributed by atoms with E-state index in [1.54, 1.807) is 0 Å². The second-order valence-corrected chi connectivity index (χ2v) is 5.26. The molecule has 0 aromatic heterocycles. The first-order chi connectivity index (χ1) is 8.17. The second kappa shape index (κ2) is 7.97. The Morgan fingerprint density at radius 2 is 2.00 bits per heavy atom. The highest BCUT2D eigenvalue weighted by Crippen LogP contribution is 2.24. The number of benzene rings is 1. The number of halogens is 2. The fourth-order valence-electron chi connectivity index (χ4n) is 1.85. The third-order valence-electron chi connectivity index (χ3n) is 2.95. The minimum atomic E-state index is 0.623. The maximum atomic E-state index is 6.18. The minimum Gasteiger partial charge on any atom is -0.316 e. The van der Waals surface area contributed by atoms with E-state index in [4.69, 9.17) is 23.2 Å². The average Bonchev–Trinajstić information content (AvgIpc) is 2.32. The summed E-state index contributed by atoms with van der Waals surface area (Å²) >= 11 is 12.2. The minimum absolute atomic E-state index is 0.623. The van der Waals surface area contributed by atoms with Gasteiger partial charge in [-0.05, 0) is 55.6 Å². The van der Waals surface area contributed by atoms with Crippen LogP contribution in [0.5, 0.6) is 0 Å². The van der Waals surface area contributed by atoms with E-state index in [-0.39, 0.29) is 0 Å². The molecule has 0 amide bonds. The van der Waals surface area contributed by atoms with Crippen LogP contribution < -0.4 is 5.32 Å². The van der Waals surface area contributed by atoms with Gasteiger partial charge in [-0.2, -0.15) is 0 Å². The normalized spacial score (nSPS) is 12.7. The zero-order valence-electron chi connectivity index (χ0n) is 10.6. The summed E-state index contributed by atoms with van der Waals surface area (Å²) in [7, 11) is 0. The van der Waals surface area contributed by atoms with Gasteiger partial charge in [0.1, 0.15) is 0 Å². The van der Waals surface area contributed by atoms with Crippen molar-refractivity contribution in [2.45, 2.75) is 33.1 Å². The zero-order valence-corrected chi connectivity index (χ0v) is 12.1. The monoisotopic (exact) mass is 273 g/mol. The van der Waals surface area contributed by atoms with Crippen molar-refractivity contribution in [3.8, 4) is 0 Å². The summed E-state index contributed by atoms with van der Waals surface area (Å²) in [5.41, 5.74) is 1.16. The molecule has 0 spiro atoms. The van der Waals surface area contributed by atoms with Crippen LogP contribution in [0.2, 0.25) is 10.0 Å². The first-order valence-electron chi connectivity index (χ1n) is 6.32. The van der Waals surface area contributed by atoms with Gasteiger partial charge < -0.3 is 5.32 Å². The lowest BCUT2D eigenvalue weighted by Gasteiger charge is -2.16. The number of hydrogen-bond acceptors (Lipinski definition) is 1. The van der Waals surface area contributed by atoms with Gasteiger partial charge in [-0.3, -0.25) is 0 Å². The lowest BCUT2D eigenvalue weighted by Crippen LogP contribution is -2.24. The summed E-state index contributed by atoms with van der Waals surface area (Å²) in [6.07, 6.45) is 3.32. The van der Waals surface area contributed by atoms with Crippen LogP contribution in [-0.2, 0) is 6.42 Å². The van der Waals surface area contributed by atoms with E-state index in [0.29, 0.717) is 5.92 Å². The Hall–Kier alpha value is -0.240. The molecule has 0 aliphatic carbocycles. The zero-order chi connectivity index (χ0) is 12.7. The van der Waals surface area contributed by atoms with Crippen LogP contribution in [0.15, 0.2) is 18.2 Å². The molecule has 0 aliphatic heterocycles. The topological polar surface area (TPSA) is 12.0 Å². The van der Waals surface area contributed by atoms with Crippen molar-refractivity contribution < 1.29 is 0 Å².